The van der Waals surface area contributed by atoms with Gasteiger partial charge in [-0.1, -0.05) is 6.07 Å². The van der Waals surface area contributed by atoms with E-state index < -0.39 is 5.82 Å². The van der Waals surface area contributed by atoms with Gasteiger partial charge in [-0.2, -0.15) is 10.4 Å². The Balaban J connectivity index is 0.00000288. The van der Waals surface area contributed by atoms with Crippen LogP contribution in [0.25, 0.3) is 0 Å². The van der Waals surface area contributed by atoms with Crippen molar-refractivity contribution < 1.29 is 4.39 Å². The van der Waals surface area contributed by atoms with Crippen molar-refractivity contribution in [2.24, 2.45) is 12.0 Å². The number of nitrogens with one attached hydrogen (secondary N) is 2. The average Bonchev–Trinajstić information content (AvgIpc) is 2.96. The van der Waals surface area contributed by atoms with Gasteiger partial charge in [0.2, 0.25) is 0 Å². The highest BCUT2D eigenvalue weighted by Crippen LogP contribution is 2.11. The zero-order valence-corrected chi connectivity index (χ0v) is 15.9. The van der Waals surface area contributed by atoms with Crippen LogP contribution in [0.4, 0.5) is 4.39 Å². The lowest BCUT2D eigenvalue weighted by molar-refractivity contribution is 0.609. The van der Waals surface area contributed by atoms with E-state index in [1.165, 1.54) is 6.07 Å². The van der Waals surface area contributed by atoms with E-state index >= 15 is 0 Å². The molecule has 24 heavy (non-hydrogen) atoms. The van der Waals surface area contributed by atoms with Crippen LogP contribution >= 0.6 is 24.0 Å². The zero-order valence-electron chi connectivity index (χ0n) is 13.6. The Morgan fingerprint density at radius 1 is 1.38 bits per heavy atom. The first-order chi connectivity index (χ1) is 11.1. The topological polar surface area (TPSA) is 78.0 Å². The molecule has 1 aromatic heterocycles. The zero-order chi connectivity index (χ0) is 16.7. The van der Waals surface area contributed by atoms with Gasteiger partial charge in [0, 0.05) is 25.4 Å². The standard InChI is InChI=1S/C16H19FN6.HI/c1-3-19-16(21-11-14-6-7-22-23(14)2)20-10-13-5-4-12(9-18)8-15(13)17;/h4-8H,3,10-11H2,1-2H3,(H2,19,20,21);1H. The van der Waals surface area contributed by atoms with E-state index in [0.29, 0.717) is 30.2 Å². The molecule has 8 heteroatoms. The molecule has 1 aromatic carbocycles. The van der Waals surface area contributed by atoms with Gasteiger partial charge < -0.3 is 10.6 Å². The van der Waals surface area contributed by atoms with Crippen LogP contribution < -0.4 is 10.6 Å². The largest absolute Gasteiger partial charge is 0.357 e. The summed E-state index contributed by atoms with van der Waals surface area (Å²) >= 11 is 0. The fourth-order valence-corrected chi connectivity index (χ4v) is 2.00. The molecule has 0 unspecified atom stereocenters. The van der Waals surface area contributed by atoms with Gasteiger partial charge in [0.25, 0.3) is 0 Å². The highest BCUT2D eigenvalue weighted by atomic mass is 127. The molecule has 0 aliphatic carbocycles. The van der Waals surface area contributed by atoms with Crippen molar-refractivity contribution in [1.29, 1.82) is 5.26 Å². The van der Waals surface area contributed by atoms with Crippen molar-refractivity contribution in [3.05, 3.63) is 53.1 Å². The molecule has 0 saturated carbocycles. The van der Waals surface area contributed by atoms with Crippen LogP contribution in [0.5, 0.6) is 0 Å². The molecule has 2 rings (SSSR count). The SMILES string of the molecule is CCNC(=NCc1ccc(C#N)cc1F)NCc1ccnn1C.I. The lowest BCUT2D eigenvalue weighted by Gasteiger charge is -2.11. The van der Waals surface area contributed by atoms with E-state index in [-0.39, 0.29) is 30.5 Å². The lowest BCUT2D eigenvalue weighted by Crippen LogP contribution is -2.37. The van der Waals surface area contributed by atoms with Gasteiger partial charge in [-0.25, -0.2) is 9.38 Å². The highest BCUT2D eigenvalue weighted by molar-refractivity contribution is 14.0. The summed E-state index contributed by atoms with van der Waals surface area (Å²) in [5, 5.41) is 19.1. The summed E-state index contributed by atoms with van der Waals surface area (Å²) in [5.74, 6) is 0.174. The number of nitriles is 1. The summed E-state index contributed by atoms with van der Waals surface area (Å²) < 4.78 is 15.6. The molecule has 0 bridgehead atoms. The first-order valence-electron chi connectivity index (χ1n) is 7.31. The van der Waals surface area contributed by atoms with Crippen LogP contribution in [0.15, 0.2) is 35.5 Å². The first-order valence-corrected chi connectivity index (χ1v) is 7.31. The van der Waals surface area contributed by atoms with Gasteiger partial charge >= 0.3 is 0 Å². The van der Waals surface area contributed by atoms with E-state index in [1.807, 2.05) is 26.1 Å². The molecule has 0 fully saturated rings. The maximum Gasteiger partial charge on any atom is 0.191 e. The van der Waals surface area contributed by atoms with E-state index in [4.69, 9.17) is 5.26 Å². The summed E-state index contributed by atoms with van der Waals surface area (Å²) in [4.78, 5) is 4.37. The monoisotopic (exact) mass is 442 g/mol. The first kappa shape index (κ1) is 19.9. The molecule has 2 aromatic rings. The van der Waals surface area contributed by atoms with Crippen molar-refractivity contribution in [2.75, 3.05) is 6.54 Å². The van der Waals surface area contributed by atoms with Crippen molar-refractivity contribution in [3.63, 3.8) is 0 Å². The second kappa shape index (κ2) is 9.87. The van der Waals surface area contributed by atoms with Crippen LogP contribution in [-0.2, 0) is 20.1 Å². The molecule has 0 aliphatic heterocycles. The van der Waals surface area contributed by atoms with Crippen LogP contribution in [0.2, 0.25) is 0 Å². The number of aromatic nitrogens is 2. The third kappa shape index (κ3) is 5.49. The van der Waals surface area contributed by atoms with Crippen LogP contribution in [0, 0.1) is 17.1 Å². The van der Waals surface area contributed by atoms with Gasteiger partial charge in [0.15, 0.2) is 5.96 Å². The second-order valence-electron chi connectivity index (χ2n) is 4.91. The summed E-state index contributed by atoms with van der Waals surface area (Å²) in [6, 6.07) is 8.22. The van der Waals surface area contributed by atoms with Crippen LogP contribution in [-0.4, -0.2) is 22.3 Å². The third-order valence-corrected chi connectivity index (χ3v) is 3.29. The number of aryl methyl sites for hydroxylation is 1. The van der Waals surface area contributed by atoms with Gasteiger partial charge in [-0.05, 0) is 25.1 Å². The van der Waals surface area contributed by atoms with Crippen molar-refractivity contribution in [1.82, 2.24) is 20.4 Å². The average molecular weight is 442 g/mol. The molecule has 0 aliphatic rings. The van der Waals surface area contributed by atoms with Crippen molar-refractivity contribution in [3.8, 4) is 6.07 Å². The minimum Gasteiger partial charge on any atom is -0.357 e. The van der Waals surface area contributed by atoms with E-state index in [0.717, 1.165) is 5.69 Å². The lowest BCUT2D eigenvalue weighted by atomic mass is 10.1. The molecule has 2 N–H and O–H groups in total. The summed E-state index contributed by atoms with van der Waals surface area (Å²) in [6.07, 6.45) is 1.73. The maximum atomic E-state index is 13.9. The molecule has 0 spiro atoms. The van der Waals surface area contributed by atoms with Crippen LogP contribution in [0.3, 0.4) is 0 Å². The number of rotatable bonds is 5. The Morgan fingerprint density at radius 2 is 2.17 bits per heavy atom. The molecule has 0 radical (unpaired) electrons. The second-order valence-corrected chi connectivity index (χ2v) is 4.91. The third-order valence-electron chi connectivity index (χ3n) is 3.29. The Kier molecular flexibility index (Phi) is 8.18. The fourth-order valence-electron chi connectivity index (χ4n) is 2.00. The Bertz CT molecular complexity index is 734. The number of aliphatic imine (C=N–C) groups is 1. The molecule has 1 heterocycles. The Morgan fingerprint density at radius 3 is 2.75 bits per heavy atom. The van der Waals surface area contributed by atoms with E-state index in [1.54, 1.807) is 23.0 Å². The van der Waals surface area contributed by atoms with Crippen molar-refractivity contribution >= 4 is 29.9 Å². The quantitative estimate of drug-likeness (QED) is 0.423. The molecule has 0 saturated heterocycles. The minimum atomic E-state index is -0.421. The predicted octanol–water partition coefficient (Wildman–Crippen LogP) is 2.30. The number of hydrogen-bond donors (Lipinski definition) is 2. The Hall–Kier alpha value is -2.15. The van der Waals surface area contributed by atoms with Crippen LogP contribution in [0.1, 0.15) is 23.7 Å². The predicted molar refractivity (Wildman–Crippen MR) is 101 cm³/mol. The van der Waals surface area contributed by atoms with E-state index in [2.05, 4.69) is 20.7 Å². The number of nitrogens with zero attached hydrogens (tertiary/aromatic N) is 4. The molecular weight excluding hydrogens is 422 g/mol. The molecule has 6 nitrogen and oxygen atoms in total. The molecule has 0 amide bonds. The number of hydrogen-bond acceptors (Lipinski definition) is 3. The summed E-state index contributed by atoms with van der Waals surface area (Å²) in [6.45, 7) is 3.42. The molecular formula is C16H20FIN6. The summed E-state index contributed by atoms with van der Waals surface area (Å²) in [7, 11) is 1.87. The van der Waals surface area contributed by atoms with Crippen molar-refractivity contribution in [2.45, 2.75) is 20.0 Å². The van der Waals surface area contributed by atoms with Gasteiger partial charge in [0.1, 0.15) is 5.82 Å². The number of halogens is 2. The molecule has 128 valence electrons. The minimum absolute atomic E-state index is 0. The Labute approximate surface area is 157 Å². The number of benzene rings is 1. The number of guanidine groups is 1. The fraction of sp³-hybridized carbons (Fsp3) is 0.312. The molecule has 0 atom stereocenters. The van der Waals surface area contributed by atoms with Gasteiger partial charge in [0.05, 0.1) is 30.4 Å². The van der Waals surface area contributed by atoms with E-state index in [9.17, 15) is 4.39 Å². The maximum absolute atomic E-state index is 13.9. The smallest absolute Gasteiger partial charge is 0.191 e. The highest BCUT2D eigenvalue weighted by Gasteiger charge is 2.05. The van der Waals surface area contributed by atoms with Gasteiger partial charge in [-0.15, -0.1) is 24.0 Å². The van der Waals surface area contributed by atoms with Gasteiger partial charge in [-0.3, -0.25) is 4.68 Å². The normalized spacial score (nSPS) is 10.7. The summed E-state index contributed by atoms with van der Waals surface area (Å²) in [5.41, 5.74) is 1.76.